The highest BCUT2D eigenvalue weighted by Crippen LogP contribution is 2.08. The van der Waals surface area contributed by atoms with E-state index in [0.29, 0.717) is 17.0 Å². The van der Waals surface area contributed by atoms with Crippen LogP contribution in [-0.2, 0) is 4.79 Å². The normalized spacial score (nSPS) is 11.0. The fraction of sp³-hybridized carbons (Fsp3) is 0.125. The van der Waals surface area contributed by atoms with Gasteiger partial charge in [0, 0.05) is 23.8 Å². The molecule has 0 radical (unpaired) electrons. The molecule has 2 rings (SSSR count). The van der Waals surface area contributed by atoms with Crippen molar-refractivity contribution in [2.24, 2.45) is 5.10 Å². The Morgan fingerprint density at radius 2 is 1.96 bits per heavy atom. The number of anilines is 1. The van der Waals surface area contributed by atoms with Crippen molar-refractivity contribution >= 4 is 23.2 Å². The summed E-state index contributed by atoms with van der Waals surface area (Å²) in [4.78, 5) is 27.4. The molecule has 0 aliphatic rings. The van der Waals surface area contributed by atoms with Crippen LogP contribution in [0.1, 0.15) is 23.7 Å². The SMILES string of the molecule is C/C(CC(=O)Nc1ccc(F)cc1)=N/NC(=O)c1cccnc1. The molecule has 0 atom stereocenters. The van der Waals surface area contributed by atoms with Gasteiger partial charge >= 0.3 is 0 Å². The zero-order valence-electron chi connectivity index (χ0n) is 12.4. The number of amides is 2. The van der Waals surface area contributed by atoms with Gasteiger partial charge in [-0.3, -0.25) is 14.6 Å². The number of carbonyl (C=O) groups is 2. The fourth-order valence-corrected chi connectivity index (χ4v) is 1.72. The monoisotopic (exact) mass is 314 g/mol. The summed E-state index contributed by atoms with van der Waals surface area (Å²) in [5, 5.41) is 6.47. The second-order valence-corrected chi connectivity index (χ2v) is 4.76. The lowest BCUT2D eigenvalue weighted by Crippen LogP contribution is -2.21. The van der Waals surface area contributed by atoms with E-state index in [1.165, 1.54) is 30.5 Å². The topological polar surface area (TPSA) is 83.5 Å². The van der Waals surface area contributed by atoms with Crippen LogP contribution in [0.3, 0.4) is 0 Å². The first-order valence-electron chi connectivity index (χ1n) is 6.83. The van der Waals surface area contributed by atoms with Gasteiger partial charge in [-0.05, 0) is 43.3 Å². The molecule has 0 aliphatic carbocycles. The minimum Gasteiger partial charge on any atom is -0.326 e. The predicted octanol–water partition coefficient (Wildman–Crippen LogP) is 2.36. The van der Waals surface area contributed by atoms with Crippen LogP contribution in [0.4, 0.5) is 10.1 Å². The van der Waals surface area contributed by atoms with E-state index in [1.54, 1.807) is 25.3 Å². The summed E-state index contributed by atoms with van der Waals surface area (Å²) in [6.07, 6.45) is 2.98. The summed E-state index contributed by atoms with van der Waals surface area (Å²) >= 11 is 0. The van der Waals surface area contributed by atoms with E-state index in [1.807, 2.05) is 0 Å². The van der Waals surface area contributed by atoms with Gasteiger partial charge in [0.05, 0.1) is 12.0 Å². The Morgan fingerprint density at radius 1 is 1.22 bits per heavy atom. The van der Waals surface area contributed by atoms with Crippen LogP contribution in [-0.4, -0.2) is 22.5 Å². The van der Waals surface area contributed by atoms with Crippen molar-refractivity contribution in [2.45, 2.75) is 13.3 Å². The van der Waals surface area contributed by atoms with Gasteiger partial charge in [-0.1, -0.05) is 0 Å². The smallest absolute Gasteiger partial charge is 0.272 e. The second kappa shape index (κ2) is 7.79. The zero-order chi connectivity index (χ0) is 16.7. The number of aromatic nitrogens is 1. The molecule has 0 aliphatic heterocycles. The van der Waals surface area contributed by atoms with Crippen molar-refractivity contribution < 1.29 is 14.0 Å². The minimum atomic E-state index is -0.406. The standard InChI is InChI=1S/C16H15FN4O2/c1-11(20-21-16(23)12-3-2-8-18-10-12)9-15(22)19-14-6-4-13(17)5-7-14/h2-8,10H,9H2,1H3,(H,19,22)(H,21,23)/b20-11-. The van der Waals surface area contributed by atoms with E-state index < -0.39 is 5.91 Å². The van der Waals surface area contributed by atoms with Crippen molar-refractivity contribution in [2.75, 3.05) is 5.32 Å². The number of rotatable bonds is 5. The Balaban J connectivity index is 1.85. The molecule has 0 saturated heterocycles. The van der Waals surface area contributed by atoms with Gasteiger partial charge in [0.25, 0.3) is 5.91 Å². The number of hydrazone groups is 1. The lowest BCUT2D eigenvalue weighted by atomic mass is 10.2. The number of halogens is 1. The van der Waals surface area contributed by atoms with Crippen molar-refractivity contribution in [3.63, 3.8) is 0 Å². The third-order valence-electron chi connectivity index (χ3n) is 2.82. The number of pyridine rings is 1. The van der Waals surface area contributed by atoms with E-state index in [2.05, 4.69) is 20.8 Å². The van der Waals surface area contributed by atoms with Gasteiger partial charge in [0.15, 0.2) is 0 Å². The lowest BCUT2D eigenvalue weighted by Gasteiger charge is -2.05. The summed E-state index contributed by atoms with van der Waals surface area (Å²) in [5.41, 5.74) is 3.65. The maximum Gasteiger partial charge on any atom is 0.272 e. The van der Waals surface area contributed by atoms with E-state index >= 15 is 0 Å². The Bertz CT molecular complexity index is 715. The van der Waals surface area contributed by atoms with Crippen LogP contribution >= 0.6 is 0 Å². The van der Waals surface area contributed by atoms with Crippen molar-refractivity contribution in [3.05, 3.63) is 60.2 Å². The highest BCUT2D eigenvalue weighted by Gasteiger charge is 2.07. The minimum absolute atomic E-state index is 0.00466. The highest BCUT2D eigenvalue weighted by molar-refractivity contribution is 6.06. The van der Waals surface area contributed by atoms with Gasteiger partial charge in [0.2, 0.25) is 5.91 Å². The molecule has 0 saturated carbocycles. The summed E-state index contributed by atoms with van der Waals surface area (Å²) in [6.45, 7) is 1.62. The van der Waals surface area contributed by atoms with Crippen LogP contribution in [0.25, 0.3) is 0 Å². The van der Waals surface area contributed by atoms with Gasteiger partial charge in [-0.25, -0.2) is 9.82 Å². The van der Waals surface area contributed by atoms with Crippen LogP contribution in [0.2, 0.25) is 0 Å². The Hall–Kier alpha value is -3.09. The molecule has 1 aromatic heterocycles. The van der Waals surface area contributed by atoms with E-state index in [-0.39, 0.29) is 18.1 Å². The molecule has 1 heterocycles. The first-order chi connectivity index (χ1) is 11.0. The van der Waals surface area contributed by atoms with Gasteiger partial charge in [-0.2, -0.15) is 5.10 Å². The Morgan fingerprint density at radius 3 is 2.61 bits per heavy atom. The molecular formula is C16H15FN4O2. The fourth-order valence-electron chi connectivity index (χ4n) is 1.72. The van der Waals surface area contributed by atoms with E-state index in [9.17, 15) is 14.0 Å². The van der Waals surface area contributed by atoms with Gasteiger partial charge in [0.1, 0.15) is 5.82 Å². The average molecular weight is 314 g/mol. The number of benzene rings is 1. The predicted molar refractivity (Wildman–Crippen MR) is 84.5 cm³/mol. The summed E-state index contributed by atoms with van der Waals surface area (Å²) in [6, 6.07) is 8.68. The summed E-state index contributed by atoms with van der Waals surface area (Å²) < 4.78 is 12.8. The van der Waals surface area contributed by atoms with Crippen LogP contribution < -0.4 is 10.7 Å². The summed E-state index contributed by atoms with van der Waals surface area (Å²) in [7, 11) is 0. The molecule has 118 valence electrons. The quantitative estimate of drug-likeness (QED) is 0.656. The zero-order valence-corrected chi connectivity index (χ0v) is 12.4. The molecular weight excluding hydrogens is 299 g/mol. The molecule has 0 spiro atoms. The summed E-state index contributed by atoms with van der Waals surface area (Å²) in [5.74, 6) is -1.09. The average Bonchev–Trinajstić information content (AvgIpc) is 2.55. The second-order valence-electron chi connectivity index (χ2n) is 4.76. The highest BCUT2D eigenvalue weighted by atomic mass is 19.1. The number of nitrogens with zero attached hydrogens (tertiary/aromatic N) is 2. The lowest BCUT2D eigenvalue weighted by molar-refractivity contribution is -0.115. The van der Waals surface area contributed by atoms with Crippen molar-refractivity contribution in [3.8, 4) is 0 Å². The van der Waals surface area contributed by atoms with Crippen molar-refractivity contribution in [1.82, 2.24) is 10.4 Å². The molecule has 7 heteroatoms. The first kappa shape index (κ1) is 16.3. The maximum absolute atomic E-state index is 12.8. The molecule has 6 nitrogen and oxygen atoms in total. The van der Waals surface area contributed by atoms with Crippen LogP contribution in [0.5, 0.6) is 0 Å². The number of carbonyl (C=O) groups excluding carboxylic acids is 2. The Labute approximate surface area is 132 Å². The number of hydrogen-bond acceptors (Lipinski definition) is 4. The molecule has 2 aromatic rings. The molecule has 2 amide bonds. The molecule has 0 fully saturated rings. The number of hydrogen-bond donors (Lipinski definition) is 2. The maximum atomic E-state index is 12.8. The molecule has 2 N–H and O–H groups in total. The third kappa shape index (κ3) is 5.31. The largest absolute Gasteiger partial charge is 0.326 e. The molecule has 1 aromatic carbocycles. The van der Waals surface area contributed by atoms with E-state index in [4.69, 9.17) is 0 Å². The molecule has 0 bridgehead atoms. The molecule has 0 unspecified atom stereocenters. The number of nitrogens with one attached hydrogen (secondary N) is 2. The van der Waals surface area contributed by atoms with Crippen LogP contribution in [0.15, 0.2) is 53.9 Å². The van der Waals surface area contributed by atoms with Gasteiger partial charge < -0.3 is 5.32 Å². The van der Waals surface area contributed by atoms with Crippen molar-refractivity contribution in [1.29, 1.82) is 0 Å². The Kier molecular flexibility index (Phi) is 5.51. The van der Waals surface area contributed by atoms with Crippen LogP contribution in [0, 0.1) is 5.82 Å². The molecule has 23 heavy (non-hydrogen) atoms. The van der Waals surface area contributed by atoms with Gasteiger partial charge in [-0.15, -0.1) is 0 Å². The van der Waals surface area contributed by atoms with E-state index in [0.717, 1.165) is 0 Å². The third-order valence-corrected chi connectivity index (χ3v) is 2.82. The first-order valence-corrected chi connectivity index (χ1v) is 6.83.